The van der Waals surface area contributed by atoms with Gasteiger partial charge in [-0.2, -0.15) is 0 Å². The molecule has 0 aliphatic carbocycles. The Morgan fingerprint density at radius 1 is 0.444 bits per heavy atom. The monoisotopic (exact) mass is 930 g/mol. The number of hydrogen-bond donors (Lipinski definition) is 0. The summed E-state index contributed by atoms with van der Waals surface area (Å²) in [5, 5.41) is 7.22. The molecule has 7 heteroatoms. The van der Waals surface area contributed by atoms with Crippen molar-refractivity contribution < 1.29 is 4.74 Å². The highest BCUT2D eigenvalue weighted by Gasteiger charge is 2.27. The topological polar surface area (TPSA) is 43.4 Å². The number of benzene rings is 9. The molecule has 9 aromatic carbocycles. The third-order valence-corrected chi connectivity index (χ3v) is 14.7. The molecule has 0 radical (unpaired) electrons. The Morgan fingerprint density at radius 2 is 0.917 bits per heavy atom. The third kappa shape index (κ3) is 6.54. The highest BCUT2D eigenvalue weighted by atomic mass is 16.5. The molecule has 4 aromatic heterocycles. The number of rotatable bonds is 9. The summed E-state index contributed by atoms with van der Waals surface area (Å²) in [6.07, 6.45) is 3.00. The van der Waals surface area contributed by atoms with Gasteiger partial charge in [0, 0.05) is 74.5 Å². The Balaban J connectivity index is 0.971. The number of ether oxygens (including phenoxy) is 1. The number of para-hydroxylation sites is 7. The molecule has 0 spiro atoms. The van der Waals surface area contributed by atoms with Crippen molar-refractivity contribution in [1.29, 1.82) is 0 Å². The van der Waals surface area contributed by atoms with Crippen LogP contribution >= 0.6 is 0 Å². The van der Waals surface area contributed by atoms with E-state index in [2.05, 4.69) is 257 Å². The van der Waals surface area contributed by atoms with Crippen molar-refractivity contribution in [3.8, 4) is 39.8 Å². The van der Waals surface area contributed by atoms with E-state index in [1.165, 1.54) is 65.9 Å². The van der Waals surface area contributed by atoms with Gasteiger partial charge in [-0.1, -0.05) is 129 Å². The van der Waals surface area contributed by atoms with E-state index in [1.807, 2.05) is 6.07 Å². The summed E-state index contributed by atoms with van der Waals surface area (Å²) in [4.78, 5) is 10.2. The zero-order valence-corrected chi connectivity index (χ0v) is 40.4. The molecule has 0 saturated carbocycles. The van der Waals surface area contributed by atoms with Gasteiger partial charge in [-0.3, -0.25) is 4.57 Å². The molecule has 0 N–H and O–H groups in total. The number of hydrogen-bond acceptors (Lipinski definition) is 4. The highest BCUT2D eigenvalue weighted by molar-refractivity contribution is 6.13. The molecule has 13 aromatic rings. The molecule has 1 aliphatic heterocycles. The minimum atomic E-state index is 0.361. The summed E-state index contributed by atoms with van der Waals surface area (Å²) in [6.45, 7) is 5.40. The van der Waals surface area contributed by atoms with Gasteiger partial charge in [0.2, 0.25) is 0 Å². The van der Waals surface area contributed by atoms with Crippen molar-refractivity contribution in [1.82, 2.24) is 18.7 Å². The minimum absolute atomic E-state index is 0.361. The maximum Gasteiger partial charge on any atom is 0.137 e. The number of anilines is 3. The molecule has 0 amide bonds. The molecule has 5 heterocycles. The second-order valence-corrected chi connectivity index (χ2v) is 19.6. The van der Waals surface area contributed by atoms with Crippen LogP contribution in [0.1, 0.15) is 19.4 Å². The summed E-state index contributed by atoms with van der Waals surface area (Å²) in [5.41, 5.74) is 16.0. The van der Waals surface area contributed by atoms with Gasteiger partial charge in [0.1, 0.15) is 17.3 Å². The standard InChI is InChI=1S/C65H50N6O/c1-42(2)36-43-37-64(71-58-29-13-8-24-51(58)52-35-34-46(39-63(52)71)72-45-19-16-18-44(38-45)68-41-67(3)59-30-14-15-31-60(59)68)66-40-53(43)65-61(69-54-25-9-4-20-47(54)48-21-5-10-26-55(48)69)32-17-33-62(65)70-56-27-11-6-22-49(56)50-23-7-12-28-57(50)70/h4-35,37-40,42H,36,41H2,1-3H3. The van der Waals surface area contributed by atoms with Crippen LogP contribution in [0.25, 0.3) is 93.7 Å². The lowest BCUT2D eigenvalue weighted by Gasteiger charge is -2.23. The first-order valence-electron chi connectivity index (χ1n) is 25.0. The molecule has 0 fully saturated rings. The van der Waals surface area contributed by atoms with Crippen molar-refractivity contribution in [2.45, 2.75) is 20.3 Å². The molecule has 0 unspecified atom stereocenters. The van der Waals surface area contributed by atoms with Crippen LogP contribution in [0.3, 0.4) is 0 Å². The van der Waals surface area contributed by atoms with Gasteiger partial charge in [0.15, 0.2) is 0 Å². The third-order valence-electron chi connectivity index (χ3n) is 14.7. The van der Waals surface area contributed by atoms with Crippen LogP contribution in [0.15, 0.2) is 219 Å². The molecule has 14 rings (SSSR count). The largest absolute Gasteiger partial charge is 0.457 e. The van der Waals surface area contributed by atoms with Gasteiger partial charge < -0.3 is 23.7 Å². The van der Waals surface area contributed by atoms with Crippen LogP contribution in [0.2, 0.25) is 0 Å². The Labute approximate surface area is 417 Å². The molecule has 72 heavy (non-hydrogen) atoms. The van der Waals surface area contributed by atoms with E-state index in [9.17, 15) is 0 Å². The number of nitrogens with zero attached hydrogens (tertiary/aromatic N) is 6. The zero-order chi connectivity index (χ0) is 48.0. The van der Waals surface area contributed by atoms with Gasteiger partial charge in [-0.15, -0.1) is 0 Å². The van der Waals surface area contributed by atoms with E-state index in [1.54, 1.807) is 0 Å². The fraction of sp³-hybridized carbons (Fsp3) is 0.0923. The van der Waals surface area contributed by atoms with E-state index >= 15 is 0 Å². The second kappa shape index (κ2) is 16.5. The fourth-order valence-corrected chi connectivity index (χ4v) is 11.7. The molecular weight excluding hydrogens is 881 g/mol. The van der Waals surface area contributed by atoms with Crippen molar-refractivity contribution in [3.63, 3.8) is 0 Å². The fourth-order valence-electron chi connectivity index (χ4n) is 11.7. The van der Waals surface area contributed by atoms with E-state index < -0.39 is 0 Å². The van der Waals surface area contributed by atoms with Gasteiger partial charge in [0.25, 0.3) is 0 Å². The number of aromatic nitrogens is 4. The average Bonchev–Trinajstić information content (AvgIpc) is 4.14. The van der Waals surface area contributed by atoms with Crippen molar-refractivity contribution in [3.05, 3.63) is 224 Å². The predicted molar refractivity (Wildman–Crippen MR) is 300 cm³/mol. The molecule has 1 aliphatic rings. The van der Waals surface area contributed by atoms with Gasteiger partial charge >= 0.3 is 0 Å². The normalized spacial score (nSPS) is 12.7. The van der Waals surface area contributed by atoms with Crippen molar-refractivity contribution >= 4 is 82.5 Å². The van der Waals surface area contributed by atoms with Crippen LogP contribution in [0, 0.1) is 5.92 Å². The van der Waals surface area contributed by atoms with E-state index in [0.29, 0.717) is 5.92 Å². The summed E-state index contributed by atoms with van der Waals surface area (Å²) in [6, 6.07) is 76.5. The highest BCUT2D eigenvalue weighted by Crippen LogP contribution is 2.45. The molecule has 0 atom stereocenters. The first kappa shape index (κ1) is 41.9. The maximum absolute atomic E-state index is 6.78. The van der Waals surface area contributed by atoms with Crippen molar-refractivity contribution in [2.75, 3.05) is 23.5 Å². The van der Waals surface area contributed by atoms with E-state index in [0.717, 1.165) is 75.0 Å². The number of pyridine rings is 1. The molecular formula is C65H50N6O. The van der Waals surface area contributed by atoms with E-state index in [-0.39, 0.29) is 0 Å². The van der Waals surface area contributed by atoms with Crippen LogP contribution < -0.4 is 14.5 Å². The Bertz CT molecular complexity index is 4050. The molecule has 7 nitrogen and oxygen atoms in total. The van der Waals surface area contributed by atoms with Gasteiger partial charge in [0.05, 0.1) is 62.5 Å². The Hall–Kier alpha value is -9.07. The van der Waals surface area contributed by atoms with Gasteiger partial charge in [-0.05, 0) is 103 Å². The summed E-state index contributed by atoms with van der Waals surface area (Å²) < 4.78 is 14.0. The van der Waals surface area contributed by atoms with Crippen LogP contribution in [-0.2, 0) is 6.42 Å². The summed E-state index contributed by atoms with van der Waals surface area (Å²) in [5.74, 6) is 2.77. The number of fused-ring (bicyclic) bond motifs is 10. The lowest BCUT2D eigenvalue weighted by atomic mass is 9.92. The Kier molecular flexibility index (Phi) is 9.61. The summed E-state index contributed by atoms with van der Waals surface area (Å²) in [7, 11) is 2.14. The molecule has 0 bridgehead atoms. The quantitative estimate of drug-likeness (QED) is 0.145. The SMILES string of the molecule is CC(C)Cc1cc(-n2c3ccccc3c3ccc(Oc4cccc(N5CN(C)c6ccccc65)c4)cc32)ncc1-c1c(-n2c3ccccc3c3ccccc32)cccc1-n1c2ccccc2c2ccccc21. The second-order valence-electron chi connectivity index (χ2n) is 19.6. The summed E-state index contributed by atoms with van der Waals surface area (Å²) >= 11 is 0. The average molecular weight is 931 g/mol. The first-order valence-corrected chi connectivity index (χ1v) is 25.0. The predicted octanol–water partition coefficient (Wildman–Crippen LogP) is 16.6. The lowest BCUT2D eigenvalue weighted by Crippen LogP contribution is -2.23. The molecule has 346 valence electrons. The lowest BCUT2D eigenvalue weighted by molar-refractivity contribution is 0.483. The minimum Gasteiger partial charge on any atom is -0.457 e. The molecule has 0 saturated heterocycles. The van der Waals surface area contributed by atoms with Gasteiger partial charge in [-0.25, -0.2) is 4.98 Å². The Morgan fingerprint density at radius 3 is 1.49 bits per heavy atom. The van der Waals surface area contributed by atoms with E-state index in [4.69, 9.17) is 9.72 Å². The smallest absolute Gasteiger partial charge is 0.137 e. The van der Waals surface area contributed by atoms with Crippen molar-refractivity contribution in [2.24, 2.45) is 5.92 Å². The van der Waals surface area contributed by atoms with Crippen LogP contribution in [-0.4, -0.2) is 32.4 Å². The maximum atomic E-state index is 6.78. The van der Waals surface area contributed by atoms with Crippen LogP contribution in [0.5, 0.6) is 11.5 Å². The first-order chi connectivity index (χ1) is 35.5. The van der Waals surface area contributed by atoms with Crippen LogP contribution in [0.4, 0.5) is 17.1 Å². The zero-order valence-electron chi connectivity index (χ0n) is 40.4.